The minimum absolute atomic E-state index is 0.0624. The van der Waals surface area contributed by atoms with E-state index in [1.54, 1.807) is 6.20 Å². The first-order valence-electron chi connectivity index (χ1n) is 5.36. The van der Waals surface area contributed by atoms with Crippen molar-refractivity contribution < 1.29 is 9.59 Å². The lowest BCUT2D eigenvalue weighted by Crippen LogP contribution is -2.38. The minimum atomic E-state index is -0.310. The molecule has 1 saturated heterocycles. The van der Waals surface area contributed by atoms with Crippen molar-refractivity contribution in [1.29, 1.82) is 0 Å². The van der Waals surface area contributed by atoms with Gasteiger partial charge in [0, 0.05) is 16.4 Å². The molecule has 1 atom stereocenters. The molecule has 1 N–H and O–H groups in total. The number of pyridine rings is 1. The van der Waals surface area contributed by atoms with E-state index in [0.717, 1.165) is 21.7 Å². The summed E-state index contributed by atoms with van der Waals surface area (Å²) in [6, 6.07) is 3.39. The highest BCUT2D eigenvalue weighted by molar-refractivity contribution is 9.10. The van der Waals surface area contributed by atoms with E-state index in [4.69, 9.17) is 0 Å². The highest BCUT2D eigenvalue weighted by atomic mass is 79.9. The van der Waals surface area contributed by atoms with Crippen LogP contribution in [0.3, 0.4) is 0 Å². The number of hydrogen-bond donors (Lipinski definition) is 1. The molecule has 4 nitrogen and oxygen atoms in total. The molecule has 2 heterocycles. The van der Waals surface area contributed by atoms with E-state index in [1.165, 1.54) is 23.5 Å². The molecule has 18 heavy (non-hydrogen) atoms. The number of halogens is 1. The van der Waals surface area contributed by atoms with E-state index in [-0.39, 0.29) is 22.8 Å². The van der Waals surface area contributed by atoms with Gasteiger partial charge in [0.05, 0.1) is 11.8 Å². The van der Waals surface area contributed by atoms with E-state index < -0.39 is 0 Å². The van der Waals surface area contributed by atoms with E-state index >= 15 is 0 Å². The molecule has 0 unspecified atom stereocenters. The molecule has 0 radical (unpaired) electrons. The Labute approximate surface area is 122 Å². The molecule has 1 aromatic heterocycles. The molecule has 7 heteroatoms. The zero-order chi connectivity index (χ0) is 13.0. The fraction of sp³-hybridized carbons (Fsp3) is 0.364. The Morgan fingerprint density at radius 2 is 2.50 bits per heavy atom. The summed E-state index contributed by atoms with van der Waals surface area (Å²) in [5.74, 6) is 0.936. The van der Waals surface area contributed by atoms with Crippen LogP contribution in [0.25, 0.3) is 0 Å². The first-order chi connectivity index (χ1) is 8.66. The monoisotopic (exact) mass is 346 g/mol. The van der Waals surface area contributed by atoms with Gasteiger partial charge in [-0.2, -0.15) is 0 Å². The Morgan fingerprint density at radius 3 is 3.17 bits per heavy atom. The predicted molar refractivity (Wildman–Crippen MR) is 76.7 cm³/mol. The summed E-state index contributed by atoms with van der Waals surface area (Å²) in [5, 5.41) is 3.59. The number of rotatable bonds is 4. The largest absolute Gasteiger partial charge is 0.345 e. The Balaban J connectivity index is 1.82. The van der Waals surface area contributed by atoms with Crippen molar-refractivity contribution in [2.45, 2.75) is 17.5 Å². The van der Waals surface area contributed by atoms with Gasteiger partial charge < -0.3 is 5.32 Å². The molecule has 0 aliphatic carbocycles. The van der Waals surface area contributed by atoms with E-state index in [1.807, 2.05) is 12.1 Å². The molecule has 0 saturated carbocycles. The number of nitrogens with zero attached hydrogens (tertiary/aromatic N) is 1. The van der Waals surface area contributed by atoms with E-state index in [9.17, 15) is 9.59 Å². The van der Waals surface area contributed by atoms with Gasteiger partial charge in [-0.3, -0.25) is 9.59 Å². The molecule has 1 fully saturated rings. The summed E-state index contributed by atoms with van der Waals surface area (Å²) in [5.41, 5.74) is 0. The molecule has 0 aromatic carbocycles. The number of amides is 1. The third-order valence-electron chi connectivity index (χ3n) is 2.34. The first-order valence-corrected chi connectivity index (χ1v) is 8.12. The van der Waals surface area contributed by atoms with Crippen LogP contribution in [0.1, 0.15) is 6.42 Å². The quantitative estimate of drug-likeness (QED) is 0.846. The Hall–Kier alpha value is -0.530. The van der Waals surface area contributed by atoms with Crippen molar-refractivity contribution in [3.05, 3.63) is 22.8 Å². The van der Waals surface area contributed by atoms with Gasteiger partial charge in [-0.05, 0) is 34.5 Å². The van der Waals surface area contributed by atoms with E-state index in [2.05, 4.69) is 26.2 Å². The highest BCUT2D eigenvalue weighted by Gasteiger charge is 2.26. The molecular formula is C11H11BrN2O2S2. The topological polar surface area (TPSA) is 59.1 Å². The van der Waals surface area contributed by atoms with Gasteiger partial charge in [0.15, 0.2) is 0 Å². The zero-order valence-electron chi connectivity index (χ0n) is 9.39. The Bertz CT molecular complexity index is 470. The number of nitrogens with one attached hydrogen (secondary N) is 1. The number of thioether (sulfide) groups is 2. The average Bonchev–Trinajstić information content (AvgIpc) is 2.74. The standard InChI is InChI=1S/C11H11BrN2O2S2/c12-7-2-1-4-13-10(7)18-6-9(15)14-8-3-5-17-11(8)16/h1-2,4,8H,3,5-6H2,(H,14,15)/t8-/m1/s1. The Kier molecular flexibility index (Phi) is 5.08. The van der Waals surface area contributed by atoms with Crippen molar-refractivity contribution in [3.63, 3.8) is 0 Å². The molecule has 0 bridgehead atoms. The normalized spacial score (nSPS) is 18.9. The van der Waals surface area contributed by atoms with Crippen LogP contribution in [-0.2, 0) is 9.59 Å². The third-order valence-corrected chi connectivity index (χ3v) is 5.25. The maximum Gasteiger partial charge on any atom is 0.231 e. The molecule has 1 aliphatic heterocycles. The van der Waals surface area contributed by atoms with Crippen molar-refractivity contribution in [3.8, 4) is 0 Å². The molecule has 1 aliphatic rings. The zero-order valence-corrected chi connectivity index (χ0v) is 12.6. The second kappa shape index (κ2) is 6.58. The van der Waals surface area contributed by atoms with Gasteiger partial charge in [0.1, 0.15) is 5.03 Å². The van der Waals surface area contributed by atoms with Gasteiger partial charge in [-0.15, -0.1) is 0 Å². The van der Waals surface area contributed by atoms with Crippen molar-refractivity contribution in [2.75, 3.05) is 11.5 Å². The smallest absolute Gasteiger partial charge is 0.231 e. The van der Waals surface area contributed by atoms with Gasteiger partial charge in [0.2, 0.25) is 11.0 Å². The lowest BCUT2D eigenvalue weighted by atomic mass is 10.2. The molecule has 0 spiro atoms. The summed E-state index contributed by atoms with van der Waals surface area (Å²) in [6.45, 7) is 0. The fourth-order valence-electron chi connectivity index (χ4n) is 1.47. The summed E-state index contributed by atoms with van der Waals surface area (Å²) in [7, 11) is 0. The number of hydrogen-bond acceptors (Lipinski definition) is 5. The van der Waals surface area contributed by atoms with Crippen LogP contribution < -0.4 is 5.32 Å². The number of aromatic nitrogens is 1. The lowest BCUT2D eigenvalue weighted by Gasteiger charge is -2.09. The first kappa shape index (κ1) is 13.9. The van der Waals surface area contributed by atoms with Gasteiger partial charge >= 0.3 is 0 Å². The minimum Gasteiger partial charge on any atom is -0.345 e. The molecule has 1 aromatic rings. The van der Waals surface area contributed by atoms with Gasteiger partial charge in [-0.1, -0.05) is 23.5 Å². The second-order valence-corrected chi connectivity index (χ2v) is 6.57. The SMILES string of the molecule is O=C(CSc1ncccc1Br)N[C@@H]1CCSC1=O. The van der Waals surface area contributed by atoms with Crippen molar-refractivity contribution in [2.24, 2.45) is 0 Å². The maximum atomic E-state index is 11.7. The van der Waals surface area contributed by atoms with Crippen LogP contribution >= 0.6 is 39.5 Å². The summed E-state index contributed by atoms with van der Waals surface area (Å²) < 4.78 is 0.871. The molecule has 2 rings (SSSR count). The summed E-state index contributed by atoms with van der Waals surface area (Å²) in [4.78, 5) is 27.2. The number of carbonyl (C=O) groups excluding carboxylic acids is 2. The van der Waals surface area contributed by atoms with Crippen LogP contribution in [0.5, 0.6) is 0 Å². The van der Waals surface area contributed by atoms with Crippen LogP contribution in [0.2, 0.25) is 0 Å². The van der Waals surface area contributed by atoms with Crippen LogP contribution in [0.15, 0.2) is 27.8 Å². The van der Waals surface area contributed by atoms with Gasteiger partial charge in [-0.25, -0.2) is 4.98 Å². The highest BCUT2D eigenvalue weighted by Crippen LogP contribution is 2.24. The Morgan fingerprint density at radius 1 is 1.67 bits per heavy atom. The second-order valence-electron chi connectivity index (χ2n) is 3.66. The van der Waals surface area contributed by atoms with Crippen LogP contribution in [0, 0.1) is 0 Å². The molecule has 96 valence electrons. The molecule has 1 amide bonds. The lowest BCUT2D eigenvalue weighted by molar-refractivity contribution is -0.122. The maximum absolute atomic E-state index is 11.7. The van der Waals surface area contributed by atoms with Crippen molar-refractivity contribution in [1.82, 2.24) is 10.3 Å². The third kappa shape index (κ3) is 3.73. The van der Waals surface area contributed by atoms with Crippen LogP contribution in [0.4, 0.5) is 0 Å². The van der Waals surface area contributed by atoms with Crippen molar-refractivity contribution >= 4 is 50.5 Å². The predicted octanol–water partition coefficient (Wildman–Crippen LogP) is 2.08. The van der Waals surface area contributed by atoms with E-state index in [0.29, 0.717) is 0 Å². The van der Waals surface area contributed by atoms with Crippen LogP contribution in [-0.4, -0.2) is 33.6 Å². The summed E-state index contributed by atoms with van der Waals surface area (Å²) in [6.07, 6.45) is 2.41. The average molecular weight is 347 g/mol. The fourth-order valence-corrected chi connectivity index (χ4v) is 3.70. The number of carbonyl (C=O) groups is 2. The summed E-state index contributed by atoms with van der Waals surface area (Å²) >= 11 is 6.01. The van der Waals surface area contributed by atoms with Gasteiger partial charge in [0.25, 0.3) is 0 Å². The molecular weight excluding hydrogens is 336 g/mol.